The molecule has 0 aliphatic carbocycles. The molecule has 0 aliphatic rings. The van der Waals surface area contributed by atoms with E-state index in [1.165, 1.54) is 23.0 Å². The molecule has 5 heteroatoms. The van der Waals surface area contributed by atoms with Crippen molar-refractivity contribution in [1.29, 1.82) is 0 Å². The van der Waals surface area contributed by atoms with Crippen LogP contribution in [0.3, 0.4) is 0 Å². The van der Waals surface area contributed by atoms with Gasteiger partial charge in [-0.2, -0.15) is 0 Å². The van der Waals surface area contributed by atoms with Crippen molar-refractivity contribution < 1.29 is 19.4 Å². The molecule has 0 amide bonds. The van der Waals surface area contributed by atoms with E-state index in [0.717, 1.165) is 11.3 Å². The fourth-order valence-corrected chi connectivity index (χ4v) is 1.69. The van der Waals surface area contributed by atoms with Gasteiger partial charge in [0.05, 0.1) is 19.1 Å². The number of benzene rings is 1. The highest BCUT2D eigenvalue weighted by Gasteiger charge is 2.10. The normalized spacial score (nSPS) is 10.2. The number of nitrogens with zero attached hydrogens (tertiary/aromatic N) is 1. The number of carboxylic acid groups (broad SMARTS) is 1. The van der Waals surface area contributed by atoms with Crippen LogP contribution in [0.1, 0.15) is 20.7 Å². The van der Waals surface area contributed by atoms with E-state index in [1.807, 2.05) is 0 Å². The third-order valence-electron chi connectivity index (χ3n) is 2.74. The van der Waals surface area contributed by atoms with Gasteiger partial charge in [-0.3, -0.25) is 9.36 Å². The summed E-state index contributed by atoms with van der Waals surface area (Å²) in [6.07, 6.45) is 2.97. The van der Waals surface area contributed by atoms with E-state index in [1.54, 1.807) is 31.4 Å². The number of hydrogen-bond donors (Lipinski definition) is 1. The predicted molar refractivity (Wildman–Crippen MR) is 68.7 cm³/mol. The molecular formula is C14H13NO4. The van der Waals surface area contributed by atoms with E-state index in [2.05, 4.69) is 0 Å². The Morgan fingerprint density at radius 2 is 1.89 bits per heavy atom. The number of carbonyl (C=O) groups is 2. The zero-order valence-electron chi connectivity index (χ0n) is 10.4. The highest BCUT2D eigenvalue weighted by molar-refractivity contribution is 5.89. The maximum Gasteiger partial charge on any atom is 0.337 e. The molecule has 0 atom stereocenters. The number of hydrogen-bond acceptors (Lipinski definition) is 3. The van der Waals surface area contributed by atoms with Gasteiger partial charge in [0, 0.05) is 12.4 Å². The van der Waals surface area contributed by atoms with Gasteiger partial charge >= 0.3 is 5.97 Å². The van der Waals surface area contributed by atoms with Crippen LogP contribution in [0.2, 0.25) is 0 Å². The number of aromatic nitrogens is 1. The van der Waals surface area contributed by atoms with E-state index in [0.29, 0.717) is 0 Å². The molecular weight excluding hydrogens is 246 g/mol. The summed E-state index contributed by atoms with van der Waals surface area (Å²) in [6, 6.07) is 8.56. The molecule has 2 aromatic rings. The minimum absolute atomic E-state index is 0.100. The molecule has 0 bridgehead atoms. The zero-order chi connectivity index (χ0) is 13.8. The van der Waals surface area contributed by atoms with Gasteiger partial charge in [0.1, 0.15) is 5.75 Å². The first-order valence-electron chi connectivity index (χ1n) is 5.67. The monoisotopic (exact) mass is 259 g/mol. The molecule has 19 heavy (non-hydrogen) atoms. The van der Waals surface area contributed by atoms with Crippen molar-refractivity contribution in [2.24, 2.45) is 0 Å². The maximum absolute atomic E-state index is 11.9. The SMILES string of the molecule is COc1ccc(CC(=O)n2ccc(C(=O)O)c2)cc1. The first kappa shape index (κ1) is 12.9. The van der Waals surface area contributed by atoms with Gasteiger partial charge in [-0.25, -0.2) is 4.79 Å². The molecule has 0 saturated carbocycles. The van der Waals surface area contributed by atoms with E-state index < -0.39 is 5.97 Å². The van der Waals surface area contributed by atoms with E-state index in [-0.39, 0.29) is 17.9 Å². The molecule has 1 aromatic heterocycles. The summed E-state index contributed by atoms with van der Waals surface area (Å²) in [4.78, 5) is 22.7. The molecule has 0 saturated heterocycles. The standard InChI is InChI=1S/C14H13NO4/c1-19-12-4-2-10(3-5-12)8-13(16)15-7-6-11(9-15)14(17)18/h2-7,9H,8H2,1H3,(H,17,18). The second-order valence-corrected chi connectivity index (χ2v) is 4.03. The lowest BCUT2D eigenvalue weighted by molar-refractivity contribution is 0.0697. The van der Waals surface area contributed by atoms with Crippen LogP contribution in [0.25, 0.3) is 0 Å². The maximum atomic E-state index is 11.9. The number of aromatic carboxylic acids is 1. The average Bonchev–Trinajstić information content (AvgIpc) is 2.89. The van der Waals surface area contributed by atoms with Crippen LogP contribution >= 0.6 is 0 Å². The zero-order valence-corrected chi connectivity index (χ0v) is 10.4. The Labute approximate surface area is 110 Å². The van der Waals surface area contributed by atoms with E-state index in [9.17, 15) is 9.59 Å². The quantitative estimate of drug-likeness (QED) is 0.912. The molecule has 98 valence electrons. The molecule has 0 fully saturated rings. The van der Waals surface area contributed by atoms with Crippen LogP contribution in [0, 0.1) is 0 Å². The third kappa shape index (κ3) is 3.01. The number of carboxylic acids is 1. The predicted octanol–water partition coefficient (Wildman–Crippen LogP) is 2.08. The van der Waals surface area contributed by atoms with Crippen LogP contribution in [0.4, 0.5) is 0 Å². The Kier molecular flexibility index (Phi) is 3.66. The van der Waals surface area contributed by atoms with Crippen LogP contribution in [-0.4, -0.2) is 28.7 Å². The fourth-order valence-electron chi connectivity index (χ4n) is 1.69. The summed E-state index contributed by atoms with van der Waals surface area (Å²) in [5.74, 6) is -0.501. The molecule has 0 unspecified atom stereocenters. The average molecular weight is 259 g/mol. The highest BCUT2D eigenvalue weighted by atomic mass is 16.5. The van der Waals surface area contributed by atoms with Gasteiger partial charge in [-0.05, 0) is 23.8 Å². The van der Waals surface area contributed by atoms with Gasteiger partial charge in [0.15, 0.2) is 0 Å². The second-order valence-electron chi connectivity index (χ2n) is 4.03. The molecule has 1 N–H and O–H groups in total. The van der Waals surface area contributed by atoms with Crippen LogP contribution in [0.15, 0.2) is 42.7 Å². The first-order chi connectivity index (χ1) is 9.10. The Morgan fingerprint density at radius 1 is 1.21 bits per heavy atom. The Hall–Kier alpha value is -2.56. The summed E-state index contributed by atoms with van der Waals surface area (Å²) in [5, 5.41) is 8.79. The third-order valence-corrected chi connectivity index (χ3v) is 2.74. The van der Waals surface area contributed by atoms with Gasteiger partial charge < -0.3 is 9.84 Å². The minimum atomic E-state index is -1.05. The van der Waals surface area contributed by atoms with Crippen molar-refractivity contribution in [3.63, 3.8) is 0 Å². The van der Waals surface area contributed by atoms with Crippen LogP contribution in [-0.2, 0) is 6.42 Å². The summed E-state index contributed by atoms with van der Waals surface area (Å²) in [6.45, 7) is 0. The lowest BCUT2D eigenvalue weighted by atomic mass is 10.1. The van der Waals surface area contributed by atoms with Gasteiger partial charge in [0.2, 0.25) is 5.91 Å². The fraction of sp³-hybridized carbons (Fsp3) is 0.143. The van der Waals surface area contributed by atoms with Crippen molar-refractivity contribution in [1.82, 2.24) is 4.57 Å². The van der Waals surface area contributed by atoms with Crippen molar-refractivity contribution in [3.05, 3.63) is 53.9 Å². The van der Waals surface area contributed by atoms with Crippen LogP contribution < -0.4 is 4.74 Å². The Bertz CT molecular complexity index is 598. The van der Waals surface area contributed by atoms with E-state index in [4.69, 9.17) is 9.84 Å². The minimum Gasteiger partial charge on any atom is -0.497 e. The summed E-state index contributed by atoms with van der Waals surface area (Å²) < 4.78 is 6.32. The topological polar surface area (TPSA) is 68.5 Å². The van der Waals surface area contributed by atoms with Crippen molar-refractivity contribution in [3.8, 4) is 5.75 Å². The highest BCUT2D eigenvalue weighted by Crippen LogP contribution is 2.12. The Balaban J connectivity index is 2.08. The smallest absolute Gasteiger partial charge is 0.337 e. The first-order valence-corrected chi connectivity index (χ1v) is 5.67. The lowest BCUT2D eigenvalue weighted by Gasteiger charge is -2.03. The Morgan fingerprint density at radius 3 is 2.42 bits per heavy atom. The van der Waals surface area contributed by atoms with Gasteiger partial charge in [-0.1, -0.05) is 12.1 Å². The molecule has 5 nitrogen and oxygen atoms in total. The van der Waals surface area contributed by atoms with Crippen molar-refractivity contribution in [2.75, 3.05) is 7.11 Å². The van der Waals surface area contributed by atoms with Crippen LogP contribution in [0.5, 0.6) is 5.75 Å². The molecule has 2 rings (SSSR count). The molecule has 1 aromatic carbocycles. The largest absolute Gasteiger partial charge is 0.497 e. The summed E-state index contributed by atoms with van der Waals surface area (Å²) >= 11 is 0. The number of methoxy groups -OCH3 is 1. The molecule has 0 aliphatic heterocycles. The molecule has 0 spiro atoms. The van der Waals surface area contributed by atoms with Crippen molar-refractivity contribution >= 4 is 11.9 Å². The number of ether oxygens (including phenoxy) is 1. The van der Waals surface area contributed by atoms with E-state index >= 15 is 0 Å². The number of carbonyl (C=O) groups excluding carboxylic acids is 1. The molecule has 0 radical (unpaired) electrons. The lowest BCUT2D eigenvalue weighted by Crippen LogP contribution is -2.11. The summed E-state index contributed by atoms with van der Waals surface area (Å²) in [7, 11) is 1.58. The van der Waals surface area contributed by atoms with Gasteiger partial charge in [0.25, 0.3) is 0 Å². The van der Waals surface area contributed by atoms with Crippen molar-refractivity contribution in [2.45, 2.75) is 6.42 Å². The number of rotatable bonds is 4. The second kappa shape index (κ2) is 5.39. The summed E-state index contributed by atoms with van der Waals surface area (Å²) in [5.41, 5.74) is 0.944. The van der Waals surface area contributed by atoms with Gasteiger partial charge in [-0.15, -0.1) is 0 Å². The molecule has 1 heterocycles.